The van der Waals surface area contributed by atoms with Crippen LogP contribution in [-0.4, -0.2) is 21.8 Å². The first-order chi connectivity index (χ1) is 9.01. The van der Waals surface area contributed by atoms with Crippen molar-refractivity contribution in [1.29, 1.82) is 0 Å². The predicted octanol–water partition coefficient (Wildman–Crippen LogP) is 2.50. The van der Waals surface area contributed by atoms with Crippen LogP contribution in [0, 0.1) is 6.92 Å². The summed E-state index contributed by atoms with van der Waals surface area (Å²) in [5, 5.41) is 0. The van der Waals surface area contributed by atoms with Gasteiger partial charge in [-0.2, -0.15) is 0 Å². The Morgan fingerprint density at radius 3 is 2.63 bits per heavy atom. The molecule has 0 aromatic heterocycles. The fourth-order valence-electron chi connectivity index (χ4n) is 2.06. The fraction of sp³-hybridized carbons (Fsp3) is 0.500. The van der Waals surface area contributed by atoms with E-state index >= 15 is 0 Å². The molecule has 0 fully saturated rings. The molecule has 4 nitrogen and oxygen atoms in total. The van der Waals surface area contributed by atoms with Gasteiger partial charge in [-0.15, -0.1) is 0 Å². The number of hydrogen-bond acceptors (Lipinski definition) is 4. The average Bonchev–Trinajstić information content (AvgIpc) is 2.38. The van der Waals surface area contributed by atoms with E-state index in [9.17, 15) is 13.6 Å². The lowest BCUT2D eigenvalue weighted by Gasteiger charge is -2.16. The topological polar surface area (TPSA) is 66.4 Å². The Kier molecular flexibility index (Phi) is 6.18. The van der Waals surface area contributed by atoms with Crippen molar-refractivity contribution in [1.82, 2.24) is 0 Å². The molecule has 0 aliphatic carbocycles. The van der Waals surface area contributed by atoms with Crippen molar-refractivity contribution in [3.05, 3.63) is 34.4 Å². The number of esters is 1. The predicted molar refractivity (Wildman–Crippen MR) is 73.8 cm³/mol. The van der Waals surface area contributed by atoms with E-state index in [1.165, 1.54) is 7.11 Å². The summed E-state index contributed by atoms with van der Waals surface area (Å²) in [6.45, 7) is 3.85. The molecule has 0 heterocycles. The quantitative estimate of drug-likeness (QED) is 0.594. The third-order valence-corrected chi connectivity index (χ3v) is 3.69. The summed E-state index contributed by atoms with van der Waals surface area (Å²) in [6, 6.07) is 3.54. The second kappa shape index (κ2) is 7.40. The number of rotatable bonds is 6. The maximum atomic E-state index is 11.6. The zero-order chi connectivity index (χ0) is 14.4. The molecule has 0 radical (unpaired) electrons. The van der Waals surface area contributed by atoms with Gasteiger partial charge in [0.25, 0.3) is 0 Å². The van der Waals surface area contributed by atoms with E-state index in [0.29, 0.717) is 11.1 Å². The normalized spacial score (nSPS) is 12.2. The van der Waals surface area contributed by atoms with Crippen molar-refractivity contribution in [3.8, 4) is 0 Å². The highest BCUT2D eigenvalue weighted by Gasteiger charge is 2.15. The van der Waals surface area contributed by atoms with Crippen LogP contribution in [0.5, 0.6) is 0 Å². The van der Waals surface area contributed by atoms with Gasteiger partial charge in [0, 0.05) is 5.75 Å². The van der Waals surface area contributed by atoms with E-state index in [-0.39, 0.29) is 5.75 Å². The van der Waals surface area contributed by atoms with Gasteiger partial charge in [0.1, 0.15) is 0 Å². The summed E-state index contributed by atoms with van der Waals surface area (Å²) in [6.07, 6.45) is 2.86. The number of methoxy groups -OCH3 is 1. The Morgan fingerprint density at radius 2 is 2.11 bits per heavy atom. The Balaban J connectivity index is 3.23. The minimum Gasteiger partial charge on any atom is -0.772 e. The van der Waals surface area contributed by atoms with Crippen molar-refractivity contribution >= 4 is 17.0 Å². The molecule has 106 valence electrons. The second-order valence-corrected chi connectivity index (χ2v) is 5.32. The van der Waals surface area contributed by atoms with Crippen LogP contribution in [-0.2, 0) is 28.0 Å². The maximum Gasteiger partial charge on any atom is 0.338 e. The number of hydrogen-bond donors (Lipinski definition) is 0. The highest BCUT2D eigenvalue weighted by molar-refractivity contribution is 7.78. The first kappa shape index (κ1) is 15.9. The van der Waals surface area contributed by atoms with Crippen molar-refractivity contribution in [2.45, 2.75) is 38.9 Å². The largest absolute Gasteiger partial charge is 0.772 e. The summed E-state index contributed by atoms with van der Waals surface area (Å²) < 4.78 is 26.7. The van der Waals surface area contributed by atoms with Crippen molar-refractivity contribution < 1.29 is 18.3 Å². The van der Waals surface area contributed by atoms with Gasteiger partial charge in [0.2, 0.25) is 0 Å². The standard InChI is InChI=1S/C14H20O4S/c1-4-5-6-11-7-8-12(14(15)18-3)10(2)13(11)9-19(16)17/h7-8H,4-6,9H2,1-3H3,(H,16,17)/p-1. The molecule has 1 atom stereocenters. The van der Waals surface area contributed by atoms with Gasteiger partial charge in [-0.3, -0.25) is 4.21 Å². The molecule has 0 spiro atoms. The van der Waals surface area contributed by atoms with Crippen LogP contribution in [0.15, 0.2) is 12.1 Å². The summed E-state index contributed by atoms with van der Waals surface area (Å²) in [4.78, 5) is 11.6. The molecule has 1 aromatic rings. The lowest BCUT2D eigenvalue weighted by atomic mass is 9.95. The SMILES string of the molecule is CCCCc1ccc(C(=O)OC)c(C)c1CS(=O)[O-]. The molecular weight excluding hydrogens is 264 g/mol. The maximum absolute atomic E-state index is 11.6. The Bertz CT molecular complexity index is 483. The number of carbonyl (C=O) groups is 1. The molecule has 5 heteroatoms. The van der Waals surface area contributed by atoms with Crippen LogP contribution < -0.4 is 0 Å². The fourth-order valence-corrected chi connectivity index (χ4v) is 2.70. The van der Waals surface area contributed by atoms with E-state index in [1.807, 2.05) is 6.07 Å². The van der Waals surface area contributed by atoms with E-state index in [1.54, 1.807) is 13.0 Å². The minimum atomic E-state index is -2.17. The highest BCUT2D eigenvalue weighted by Crippen LogP contribution is 2.22. The molecule has 0 aliphatic rings. The molecule has 0 saturated carbocycles. The molecule has 0 saturated heterocycles. The van der Waals surface area contributed by atoms with Gasteiger partial charge < -0.3 is 9.29 Å². The molecule has 1 unspecified atom stereocenters. The summed E-state index contributed by atoms with van der Waals surface area (Å²) in [7, 11) is 1.32. The van der Waals surface area contributed by atoms with E-state index in [2.05, 4.69) is 6.92 Å². The van der Waals surface area contributed by atoms with Crippen LogP contribution >= 0.6 is 0 Å². The smallest absolute Gasteiger partial charge is 0.338 e. The number of benzene rings is 1. The number of ether oxygens (including phenoxy) is 1. The summed E-state index contributed by atoms with van der Waals surface area (Å²) >= 11 is -2.17. The summed E-state index contributed by atoms with van der Waals surface area (Å²) in [5.74, 6) is -0.493. The lowest BCUT2D eigenvalue weighted by Crippen LogP contribution is -2.10. The lowest BCUT2D eigenvalue weighted by molar-refractivity contribution is 0.0599. The van der Waals surface area contributed by atoms with E-state index in [4.69, 9.17) is 4.74 Å². The highest BCUT2D eigenvalue weighted by atomic mass is 32.2. The van der Waals surface area contributed by atoms with Gasteiger partial charge in [-0.25, -0.2) is 4.79 Å². The molecular formula is C14H19O4S-. The van der Waals surface area contributed by atoms with Crippen LogP contribution in [0.3, 0.4) is 0 Å². The molecule has 0 bridgehead atoms. The first-order valence-electron chi connectivity index (χ1n) is 6.26. The van der Waals surface area contributed by atoms with Gasteiger partial charge in [0.05, 0.1) is 12.7 Å². The van der Waals surface area contributed by atoms with Crippen LogP contribution in [0.1, 0.15) is 46.8 Å². The molecule has 0 aliphatic heterocycles. The van der Waals surface area contributed by atoms with Gasteiger partial charge in [-0.05, 0) is 42.5 Å². The van der Waals surface area contributed by atoms with Gasteiger partial charge in [-0.1, -0.05) is 30.5 Å². The van der Waals surface area contributed by atoms with Crippen molar-refractivity contribution in [3.63, 3.8) is 0 Å². The number of aryl methyl sites for hydroxylation is 1. The zero-order valence-electron chi connectivity index (χ0n) is 11.5. The molecule has 0 N–H and O–H groups in total. The van der Waals surface area contributed by atoms with Crippen molar-refractivity contribution in [2.75, 3.05) is 7.11 Å². The van der Waals surface area contributed by atoms with Crippen LogP contribution in [0.2, 0.25) is 0 Å². The number of unbranched alkanes of at least 4 members (excludes halogenated alkanes) is 1. The minimum absolute atomic E-state index is 0.0598. The number of carbonyl (C=O) groups excluding carboxylic acids is 1. The third kappa shape index (κ3) is 4.14. The zero-order valence-corrected chi connectivity index (χ0v) is 12.3. The average molecular weight is 283 g/mol. The second-order valence-electron chi connectivity index (χ2n) is 4.42. The molecule has 0 amide bonds. The first-order valence-corrected chi connectivity index (χ1v) is 7.51. The van der Waals surface area contributed by atoms with Crippen molar-refractivity contribution in [2.24, 2.45) is 0 Å². The Hall–Kier alpha value is -1.20. The molecule has 19 heavy (non-hydrogen) atoms. The van der Waals surface area contributed by atoms with Gasteiger partial charge in [0.15, 0.2) is 0 Å². The molecule has 1 aromatic carbocycles. The van der Waals surface area contributed by atoms with Crippen LogP contribution in [0.25, 0.3) is 0 Å². The monoisotopic (exact) mass is 283 g/mol. The Labute approximate surface area is 116 Å². The summed E-state index contributed by atoms with van der Waals surface area (Å²) in [5.41, 5.74) is 2.86. The van der Waals surface area contributed by atoms with E-state index in [0.717, 1.165) is 30.4 Å². The van der Waals surface area contributed by atoms with E-state index < -0.39 is 17.0 Å². The third-order valence-electron chi connectivity index (χ3n) is 3.16. The van der Waals surface area contributed by atoms with Gasteiger partial charge >= 0.3 is 5.97 Å². The molecule has 1 rings (SSSR count). The van der Waals surface area contributed by atoms with Crippen LogP contribution in [0.4, 0.5) is 0 Å². The Morgan fingerprint density at radius 1 is 1.42 bits per heavy atom.